The highest BCUT2D eigenvalue weighted by Gasteiger charge is 2.18. The Morgan fingerprint density at radius 3 is 2.95 bits per heavy atom. The Morgan fingerprint density at radius 1 is 1.26 bits per heavy atom. The molecule has 4 heteroatoms. The number of ketones is 1. The topological polar surface area (TPSA) is 39.8 Å². The number of nitrogens with zero attached hydrogens (tertiary/aromatic N) is 3. The molecule has 2 aromatic heterocycles. The van der Waals surface area contributed by atoms with Gasteiger partial charge >= 0.3 is 0 Å². The van der Waals surface area contributed by atoms with Crippen LogP contribution in [0.1, 0.15) is 47.9 Å². The molecule has 0 N–H and O–H groups in total. The average Bonchev–Trinajstić information content (AvgIpc) is 2.98. The summed E-state index contributed by atoms with van der Waals surface area (Å²) in [5.74, 6) is 1.34. The summed E-state index contributed by atoms with van der Waals surface area (Å²) in [6.45, 7) is 3.77. The molecule has 0 unspecified atom stereocenters. The number of imidazole rings is 1. The fourth-order valence-corrected chi connectivity index (χ4v) is 2.78. The van der Waals surface area contributed by atoms with Crippen LogP contribution in [0.5, 0.6) is 0 Å². The lowest BCUT2D eigenvalue weighted by atomic mass is 10.1. The zero-order valence-electron chi connectivity index (χ0n) is 11.3. The second kappa shape index (κ2) is 5.03. The van der Waals surface area contributed by atoms with E-state index < -0.39 is 0 Å². The third-order valence-electron chi connectivity index (χ3n) is 3.83. The van der Waals surface area contributed by atoms with Gasteiger partial charge in [-0.05, 0) is 31.7 Å². The minimum atomic E-state index is 0.296. The zero-order chi connectivity index (χ0) is 13.2. The van der Waals surface area contributed by atoms with Crippen molar-refractivity contribution in [3.8, 4) is 0 Å². The Labute approximate surface area is 113 Å². The number of hydrogen-bond donors (Lipinski definition) is 0. The summed E-state index contributed by atoms with van der Waals surface area (Å²) in [5.41, 5.74) is 2.13. The predicted octanol–water partition coefficient (Wildman–Crippen LogP) is 2.66. The zero-order valence-corrected chi connectivity index (χ0v) is 11.3. The van der Waals surface area contributed by atoms with Crippen molar-refractivity contribution in [3.63, 3.8) is 0 Å². The molecular formula is C15H19N3O. The first kappa shape index (κ1) is 12.2. The molecule has 19 heavy (non-hydrogen) atoms. The van der Waals surface area contributed by atoms with Gasteiger partial charge in [-0.2, -0.15) is 0 Å². The van der Waals surface area contributed by atoms with E-state index in [0.717, 1.165) is 43.7 Å². The van der Waals surface area contributed by atoms with Crippen molar-refractivity contribution < 1.29 is 4.79 Å². The van der Waals surface area contributed by atoms with E-state index in [-0.39, 0.29) is 0 Å². The number of Topliss-reactive ketones (excluding diaryl/α,β-unsaturated/α-hetero) is 1. The molecule has 0 bridgehead atoms. The lowest BCUT2D eigenvalue weighted by molar-refractivity contribution is 0.0982. The number of fused-ring (bicyclic) bond motifs is 1. The van der Waals surface area contributed by atoms with Crippen molar-refractivity contribution in [3.05, 3.63) is 41.7 Å². The molecular weight excluding hydrogens is 238 g/mol. The first-order valence-corrected chi connectivity index (χ1v) is 7.00. The SMILES string of the molecule is CCn1ccnc1Cn1cc2c(c1)C(=O)CCCC2. The summed E-state index contributed by atoms with van der Waals surface area (Å²) in [5, 5.41) is 0. The van der Waals surface area contributed by atoms with E-state index in [9.17, 15) is 4.79 Å². The third-order valence-corrected chi connectivity index (χ3v) is 3.83. The largest absolute Gasteiger partial charge is 0.346 e. The average molecular weight is 257 g/mol. The second-order valence-corrected chi connectivity index (χ2v) is 5.13. The molecule has 1 aliphatic rings. The highest BCUT2D eigenvalue weighted by atomic mass is 16.1. The summed E-state index contributed by atoms with van der Waals surface area (Å²) in [6.07, 6.45) is 11.8. The van der Waals surface area contributed by atoms with Crippen LogP contribution in [0.25, 0.3) is 0 Å². The molecule has 2 aromatic rings. The molecule has 1 aliphatic carbocycles. The molecule has 100 valence electrons. The molecule has 0 amide bonds. The molecule has 3 rings (SSSR count). The number of carbonyl (C=O) groups excluding carboxylic acids is 1. The van der Waals surface area contributed by atoms with Crippen LogP contribution in [-0.4, -0.2) is 19.9 Å². The van der Waals surface area contributed by atoms with Crippen LogP contribution < -0.4 is 0 Å². The Bertz CT molecular complexity index is 594. The molecule has 0 atom stereocenters. The van der Waals surface area contributed by atoms with Crippen LogP contribution >= 0.6 is 0 Å². The lowest BCUT2D eigenvalue weighted by Crippen LogP contribution is -2.06. The van der Waals surface area contributed by atoms with Gasteiger partial charge < -0.3 is 9.13 Å². The van der Waals surface area contributed by atoms with E-state index in [0.29, 0.717) is 12.2 Å². The van der Waals surface area contributed by atoms with E-state index in [4.69, 9.17) is 0 Å². The van der Waals surface area contributed by atoms with Gasteiger partial charge in [0.15, 0.2) is 5.78 Å². The van der Waals surface area contributed by atoms with Gasteiger partial charge in [-0.25, -0.2) is 4.98 Å². The molecule has 4 nitrogen and oxygen atoms in total. The Hall–Kier alpha value is -1.84. The highest BCUT2D eigenvalue weighted by molar-refractivity contribution is 5.97. The predicted molar refractivity (Wildman–Crippen MR) is 73.3 cm³/mol. The Morgan fingerprint density at radius 2 is 2.11 bits per heavy atom. The lowest BCUT2D eigenvalue weighted by Gasteiger charge is -2.05. The Balaban J connectivity index is 1.87. The molecule has 0 spiro atoms. The normalized spacial score (nSPS) is 15.3. The second-order valence-electron chi connectivity index (χ2n) is 5.13. The Kier molecular flexibility index (Phi) is 3.23. The molecule has 2 heterocycles. The smallest absolute Gasteiger partial charge is 0.164 e. The van der Waals surface area contributed by atoms with Gasteiger partial charge in [0.05, 0.1) is 6.54 Å². The van der Waals surface area contributed by atoms with Gasteiger partial charge in [-0.1, -0.05) is 0 Å². The third kappa shape index (κ3) is 2.35. The minimum Gasteiger partial charge on any atom is -0.346 e. The maximum atomic E-state index is 12.0. The molecule has 0 saturated heterocycles. The maximum absolute atomic E-state index is 12.0. The quantitative estimate of drug-likeness (QED) is 0.793. The van der Waals surface area contributed by atoms with Crippen molar-refractivity contribution in [2.24, 2.45) is 0 Å². The van der Waals surface area contributed by atoms with Gasteiger partial charge in [-0.3, -0.25) is 4.79 Å². The van der Waals surface area contributed by atoms with Crippen molar-refractivity contribution in [1.82, 2.24) is 14.1 Å². The van der Waals surface area contributed by atoms with E-state index in [1.165, 1.54) is 5.56 Å². The van der Waals surface area contributed by atoms with E-state index in [1.54, 1.807) is 0 Å². The van der Waals surface area contributed by atoms with Crippen molar-refractivity contribution in [1.29, 1.82) is 0 Å². The van der Waals surface area contributed by atoms with Crippen LogP contribution in [0, 0.1) is 0 Å². The van der Waals surface area contributed by atoms with Crippen LogP contribution in [-0.2, 0) is 19.5 Å². The van der Waals surface area contributed by atoms with Crippen LogP contribution in [0.15, 0.2) is 24.8 Å². The maximum Gasteiger partial charge on any atom is 0.164 e. The summed E-state index contributed by atoms with van der Waals surface area (Å²) in [6, 6.07) is 0. The summed E-state index contributed by atoms with van der Waals surface area (Å²) in [7, 11) is 0. The molecule has 0 saturated carbocycles. The summed E-state index contributed by atoms with van der Waals surface area (Å²) < 4.78 is 4.23. The number of carbonyl (C=O) groups is 1. The molecule has 0 aromatic carbocycles. The first-order valence-electron chi connectivity index (χ1n) is 7.00. The summed E-state index contributed by atoms with van der Waals surface area (Å²) in [4.78, 5) is 16.4. The first-order chi connectivity index (χ1) is 9.28. The van der Waals surface area contributed by atoms with E-state index in [1.807, 2.05) is 18.6 Å². The molecule has 0 fully saturated rings. The highest BCUT2D eigenvalue weighted by Crippen LogP contribution is 2.22. The van der Waals surface area contributed by atoms with Gasteiger partial charge in [0.25, 0.3) is 0 Å². The monoisotopic (exact) mass is 257 g/mol. The summed E-state index contributed by atoms with van der Waals surface area (Å²) >= 11 is 0. The molecule has 0 aliphatic heterocycles. The van der Waals surface area contributed by atoms with Crippen molar-refractivity contribution in [2.75, 3.05) is 0 Å². The van der Waals surface area contributed by atoms with E-state index in [2.05, 4.69) is 27.2 Å². The number of hydrogen-bond acceptors (Lipinski definition) is 2. The van der Waals surface area contributed by atoms with Crippen molar-refractivity contribution >= 4 is 5.78 Å². The minimum absolute atomic E-state index is 0.296. The fraction of sp³-hybridized carbons (Fsp3) is 0.467. The van der Waals surface area contributed by atoms with E-state index >= 15 is 0 Å². The number of rotatable bonds is 3. The van der Waals surface area contributed by atoms with Gasteiger partial charge in [0.2, 0.25) is 0 Å². The van der Waals surface area contributed by atoms with Crippen molar-refractivity contribution in [2.45, 2.75) is 45.7 Å². The standard InChI is InChI=1S/C15H19N3O/c1-2-18-8-7-16-15(18)11-17-9-12-5-3-4-6-14(19)13(12)10-17/h7-10H,2-6,11H2,1H3. The van der Waals surface area contributed by atoms with Crippen LogP contribution in [0.3, 0.4) is 0 Å². The number of aryl methyl sites for hydroxylation is 2. The van der Waals surface area contributed by atoms with Crippen LogP contribution in [0.2, 0.25) is 0 Å². The van der Waals surface area contributed by atoms with Gasteiger partial charge in [-0.15, -0.1) is 0 Å². The molecule has 0 radical (unpaired) electrons. The fourth-order valence-electron chi connectivity index (χ4n) is 2.78. The van der Waals surface area contributed by atoms with Crippen LogP contribution in [0.4, 0.5) is 0 Å². The van der Waals surface area contributed by atoms with Gasteiger partial charge in [0.1, 0.15) is 5.82 Å². The number of aromatic nitrogens is 3. The van der Waals surface area contributed by atoms with Gasteiger partial charge in [0, 0.05) is 43.3 Å².